The molecule has 1 amide bonds. The van der Waals surface area contributed by atoms with Gasteiger partial charge in [-0.3, -0.25) is 9.78 Å². The lowest BCUT2D eigenvalue weighted by Gasteiger charge is -2.11. The van der Waals surface area contributed by atoms with E-state index >= 15 is 0 Å². The van der Waals surface area contributed by atoms with E-state index in [0.717, 1.165) is 5.69 Å². The highest BCUT2D eigenvalue weighted by Crippen LogP contribution is 2.24. The fourth-order valence-electron chi connectivity index (χ4n) is 1.36. The number of anilines is 1. The average Bonchev–Trinajstić information content (AvgIpc) is 2.71. The van der Waals surface area contributed by atoms with E-state index in [0.29, 0.717) is 5.69 Å². The van der Waals surface area contributed by atoms with Crippen LogP contribution in [0.15, 0.2) is 30.7 Å². The molecule has 88 valence electrons. The molecular weight excluding hydrogens is 240 g/mol. The maximum atomic E-state index is 11.3. The standard InChI is InChI=1S/C11H11ClN4O/c1-8(17)15(2)10-7-16(14-11(10)12)9-4-3-5-13-6-9/h3-7H,1-2H3. The normalized spacial score (nSPS) is 10.3. The minimum atomic E-state index is -0.0994. The molecule has 5 nitrogen and oxygen atoms in total. The second-order valence-electron chi connectivity index (χ2n) is 3.54. The molecule has 0 aliphatic carbocycles. The van der Waals surface area contributed by atoms with Crippen molar-refractivity contribution in [1.82, 2.24) is 14.8 Å². The van der Waals surface area contributed by atoms with E-state index in [9.17, 15) is 4.79 Å². The highest BCUT2D eigenvalue weighted by atomic mass is 35.5. The van der Waals surface area contributed by atoms with Gasteiger partial charge in [0.05, 0.1) is 18.1 Å². The SMILES string of the molecule is CC(=O)N(C)c1cn(-c2cccnc2)nc1Cl. The van der Waals surface area contributed by atoms with Gasteiger partial charge in [-0.1, -0.05) is 11.6 Å². The molecule has 6 heteroatoms. The number of amides is 1. The average molecular weight is 251 g/mol. The second kappa shape index (κ2) is 4.55. The summed E-state index contributed by atoms with van der Waals surface area (Å²) in [6.45, 7) is 1.47. The van der Waals surface area contributed by atoms with Crippen LogP contribution >= 0.6 is 11.6 Å². The molecule has 2 aromatic rings. The largest absolute Gasteiger partial charge is 0.312 e. The Kier molecular flexibility index (Phi) is 3.10. The number of aromatic nitrogens is 3. The van der Waals surface area contributed by atoms with Crippen LogP contribution in [0.25, 0.3) is 5.69 Å². The minimum Gasteiger partial charge on any atom is -0.312 e. The van der Waals surface area contributed by atoms with Crippen molar-refractivity contribution in [2.75, 3.05) is 11.9 Å². The van der Waals surface area contributed by atoms with Crippen molar-refractivity contribution < 1.29 is 4.79 Å². The lowest BCUT2D eigenvalue weighted by atomic mass is 10.4. The number of hydrogen-bond acceptors (Lipinski definition) is 3. The van der Waals surface area contributed by atoms with Crippen LogP contribution in [0.2, 0.25) is 5.15 Å². The van der Waals surface area contributed by atoms with Gasteiger partial charge in [0.2, 0.25) is 5.91 Å². The maximum absolute atomic E-state index is 11.3. The summed E-state index contributed by atoms with van der Waals surface area (Å²) in [5.41, 5.74) is 1.36. The van der Waals surface area contributed by atoms with Gasteiger partial charge in [0, 0.05) is 20.2 Å². The number of carbonyl (C=O) groups excluding carboxylic acids is 1. The molecule has 0 saturated heterocycles. The molecule has 17 heavy (non-hydrogen) atoms. The molecule has 0 spiro atoms. The molecule has 0 unspecified atom stereocenters. The number of halogens is 1. The zero-order chi connectivity index (χ0) is 12.4. The van der Waals surface area contributed by atoms with E-state index < -0.39 is 0 Å². The molecule has 2 heterocycles. The van der Waals surface area contributed by atoms with Gasteiger partial charge in [0.1, 0.15) is 5.69 Å². The Hall–Kier alpha value is -1.88. The van der Waals surface area contributed by atoms with Crippen molar-refractivity contribution in [2.24, 2.45) is 0 Å². The van der Waals surface area contributed by atoms with Crippen molar-refractivity contribution in [1.29, 1.82) is 0 Å². The Bertz CT molecular complexity index is 538. The highest BCUT2D eigenvalue weighted by molar-refractivity contribution is 6.32. The van der Waals surface area contributed by atoms with Crippen LogP contribution in [0.3, 0.4) is 0 Å². The van der Waals surface area contributed by atoms with Crippen LogP contribution < -0.4 is 4.90 Å². The van der Waals surface area contributed by atoms with E-state index in [-0.39, 0.29) is 11.1 Å². The Morgan fingerprint density at radius 1 is 1.53 bits per heavy atom. The monoisotopic (exact) mass is 250 g/mol. The Labute approximate surface area is 104 Å². The first kappa shape index (κ1) is 11.6. The lowest BCUT2D eigenvalue weighted by Crippen LogP contribution is -2.22. The van der Waals surface area contributed by atoms with Crippen LogP contribution in [0.5, 0.6) is 0 Å². The third-order valence-corrected chi connectivity index (χ3v) is 2.66. The first-order valence-electron chi connectivity index (χ1n) is 4.99. The van der Waals surface area contributed by atoms with E-state index in [1.165, 1.54) is 11.8 Å². The van der Waals surface area contributed by atoms with E-state index in [2.05, 4.69) is 10.1 Å². The van der Waals surface area contributed by atoms with E-state index in [4.69, 9.17) is 11.6 Å². The Morgan fingerprint density at radius 2 is 2.29 bits per heavy atom. The summed E-state index contributed by atoms with van der Waals surface area (Å²) in [5, 5.41) is 4.42. The first-order valence-corrected chi connectivity index (χ1v) is 5.37. The number of carbonyl (C=O) groups is 1. The highest BCUT2D eigenvalue weighted by Gasteiger charge is 2.14. The van der Waals surface area contributed by atoms with Crippen molar-refractivity contribution >= 4 is 23.2 Å². The topological polar surface area (TPSA) is 51.0 Å². The number of rotatable bonds is 2. The smallest absolute Gasteiger partial charge is 0.223 e. The van der Waals surface area contributed by atoms with Crippen LogP contribution in [0.1, 0.15) is 6.92 Å². The quantitative estimate of drug-likeness (QED) is 0.818. The molecule has 0 fully saturated rings. The maximum Gasteiger partial charge on any atom is 0.223 e. The summed E-state index contributed by atoms with van der Waals surface area (Å²) in [5.74, 6) is -0.0994. The van der Waals surface area contributed by atoms with Gasteiger partial charge in [0.15, 0.2) is 5.15 Å². The third-order valence-electron chi connectivity index (χ3n) is 2.40. The van der Waals surface area contributed by atoms with E-state index in [1.807, 2.05) is 6.07 Å². The first-order chi connectivity index (χ1) is 8.09. The molecule has 0 aliphatic heterocycles. The summed E-state index contributed by atoms with van der Waals surface area (Å²) in [6.07, 6.45) is 5.04. The van der Waals surface area contributed by atoms with Crippen molar-refractivity contribution in [3.63, 3.8) is 0 Å². The van der Waals surface area contributed by atoms with Gasteiger partial charge in [-0.25, -0.2) is 4.68 Å². The fraction of sp³-hybridized carbons (Fsp3) is 0.182. The van der Waals surface area contributed by atoms with Gasteiger partial charge in [-0.15, -0.1) is 0 Å². The molecule has 2 rings (SSSR count). The molecule has 0 saturated carbocycles. The number of pyridine rings is 1. The number of hydrogen-bond donors (Lipinski definition) is 0. The molecule has 0 bridgehead atoms. The fourth-order valence-corrected chi connectivity index (χ4v) is 1.62. The van der Waals surface area contributed by atoms with Crippen LogP contribution in [0.4, 0.5) is 5.69 Å². The molecule has 0 aliphatic rings. The number of nitrogens with zero attached hydrogens (tertiary/aromatic N) is 4. The van der Waals surface area contributed by atoms with Gasteiger partial charge in [-0.2, -0.15) is 5.10 Å². The Morgan fingerprint density at radius 3 is 2.88 bits per heavy atom. The summed E-state index contributed by atoms with van der Waals surface area (Å²) in [7, 11) is 1.65. The van der Waals surface area contributed by atoms with Gasteiger partial charge < -0.3 is 4.90 Å². The molecular formula is C11H11ClN4O. The minimum absolute atomic E-state index is 0.0994. The summed E-state index contributed by atoms with van der Waals surface area (Å²) in [6, 6.07) is 3.66. The van der Waals surface area contributed by atoms with Crippen molar-refractivity contribution in [3.8, 4) is 5.69 Å². The molecule has 0 aromatic carbocycles. The van der Waals surface area contributed by atoms with Crippen molar-refractivity contribution in [2.45, 2.75) is 6.92 Å². The Balaban J connectivity index is 2.41. The zero-order valence-corrected chi connectivity index (χ0v) is 10.2. The molecule has 0 radical (unpaired) electrons. The van der Waals surface area contributed by atoms with Gasteiger partial charge in [0.25, 0.3) is 0 Å². The van der Waals surface area contributed by atoms with Crippen LogP contribution in [0, 0.1) is 0 Å². The summed E-state index contributed by atoms with van der Waals surface area (Å²) in [4.78, 5) is 16.7. The van der Waals surface area contributed by atoms with Crippen LogP contribution in [-0.4, -0.2) is 27.7 Å². The van der Waals surface area contributed by atoms with Crippen molar-refractivity contribution in [3.05, 3.63) is 35.9 Å². The van der Waals surface area contributed by atoms with Gasteiger partial charge >= 0.3 is 0 Å². The molecule has 0 atom stereocenters. The molecule has 0 N–H and O–H groups in total. The predicted molar refractivity (Wildman–Crippen MR) is 65.5 cm³/mol. The summed E-state index contributed by atoms with van der Waals surface area (Å²) >= 11 is 5.99. The third kappa shape index (κ3) is 2.29. The second-order valence-corrected chi connectivity index (χ2v) is 3.90. The predicted octanol–water partition coefficient (Wildman–Crippen LogP) is 1.90. The lowest BCUT2D eigenvalue weighted by molar-refractivity contribution is -0.116. The van der Waals surface area contributed by atoms with E-state index in [1.54, 1.807) is 36.4 Å². The molecule has 2 aromatic heterocycles. The summed E-state index contributed by atoms with van der Waals surface area (Å²) < 4.78 is 1.59. The van der Waals surface area contributed by atoms with Gasteiger partial charge in [-0.05, 0) is 12.1 Å². The zero-order valence-electron chi connectivity index (χ0n) is 9.46. The van der Waals surface area contributed by atoms with Crippen LogP contribution in [-0.2, 0) is 4.79 Å².